The van der Waals surface area contributed by atoms with E-state index in [1.165, 1.54) is 0 Å². The standard InChI is InChI=1S/C16H18ClNO/c1-11-9-12(2)18-16(15(11)10-17)19-13(3)14-7-5-4-6-8-14/h4-9,13H,10H2,1-3H3. The lowest BCUT2D eigenvalue weighted by atomic mass is 10.1. The number of benzene rings is 1. The summed E-state index contributed by atoms with van der Waals surface area (Å²) >= 11 is 6.00. The van der Waals surface area contributed by atoms with E-state index in [0.29, 0.717) is 11.8 Å². The molecule has 3 heteroatoms. The van der Waals surface area contributed by atoms with Crippen molar-refractivity contribution in [3.05, 3.63) is 58.8 Å². The quantitative estimate of drug-likeness (QED) is 0.762. The highest BCUT2D eigenvalue weighted by Gasteiger charge is 2.13. The average Bonchev–Trinajstić information content (AvgIpc) is 2.39. The molecular weight excluding hydrogens is 258 g/mol. The van der Waals surface area contributed by atoms with Gasteiger partial charge in [0.05, 0.1) is 5.88 Å². The topological polar surface area (TPSA) is 22.1 Å². The monoisotopic (exact) mass is 275 g/mol. The van der Waals surface area contributed by atoms with E-state index >= 15 is 0 Å². The smallest absolute Gasteiger partial charge is 0.218 e. The second-order valence-electron chi connectivity index (χ2n) is 4.67. The molecule has 0 aliphatic carbocycles. The molecule has 0 saturated heterocycles. The number of aromatic nitrogens is 1. The van der Waals surface area contributed by atoms with Gasteiger partial charge in [-0.2, -0.15) is 0 Å². The van der Waals surface area contributed by atoms with Crippen LogP contribution in [0.3, 0.4) is 0 Å². The molecule has 0 aliphatic rings. The van der Waals surface area contributed by atoms with Crippen LogP contribution in [-0.4, -0.2) is 4.98 Å². The number of halogens is 1. The number of pyridine rings is 1. The minimum atomic E-state index is -0.0446. The highest BCUT2D eigenvalue weighted by Crippen LogP contribution is 2.27. The summed E-state index contributed by atoms with van der Waals surface area (Å²) < 4.78 is 5.99. The number of rotatable bonds is 4. The van der Waals surface area contributed by atoms with Crippen molar-refractivity contribution in [2.24, 2.45) is 0 Å². The summed E-state index contributed by atoms with van der Waals surface area (Å²) in [6, 6.07) is 12.1. The number of aryl methyl sites for hydroxylation is 2. The maximum atomic E-state index is 6.00. The van der Waals surface area contributed by atoms with E-state index < -0.39 is 0 Å². The van der Waals surface area contributed by atoms with Gasteiger partial charge in [-0.3, -0.25) is 0 Å². The van der Waals surface area contributed by atoms with Crippen LogP contribution in [0, 0.1) is 13.8 Å². The predicted octanol–water partition coefficient (Wildman–Crippen LogP) is 4.58. The zero-order chi connectivity index (χ0) is 13.8. The van der Waals surface area contributed by atoms with Gasteiger partial charge in [0.1, 0.15) is 6.10 Å². The predicted molar refractivity (Wildman–Crippen MR) is 78.8 cm³/mol. The first-order chi connectivity index (χ1) is 9.11. The van der Waals surface area contributed by atoms with Crippen LogP contribution in [0.5, 0.6) is 5.88 Å². The Balaban J connectivity index is 2.28. The van der Waals surface area contributed by atoms with Gasteiger partial charge < -0.3 is 4.74 Å². The van der Waals surface area contributed by atoms with Crippen molar-refractivity contribution in [1.29, 1.82) is 0 Å². The third-order valence-electron chi connectivity index (χ3n) is 3.13. The molecule has 1 aromatic heterocycles. The molecule has 1 aromatic carbocycles. The summed E-state index contributed by atoms with van der Waals surface area (Å²) in [6.07, 6.45) is -0.0446. The average molecular weight is 276 g/mol. The van der Waals surface area contributed by atoms with Crippen molar-refractivity contribution in [2.75, 3.05) is 0 Å². The molecule has 1 atom stereocenters. The Morgan fingerprint density at radius 3 is 2.53 bits per heavy atom. The molecule has 0 aliphatic heterocycles. The minimum absolute atomic E-state index is 0.0446. The first-order valence-corrected chi connectivity index (χ1v) is 6.90. The second-order valence-corrected chi connectivity index (χ2v) is 4.94. The molecule has 0 saturated carbocycles. The van der Waals surface area contributed by atoms with Crippen LogP contribution in [0.2, 0.25) is 0 Å². The fourth-order valence-electron chi connectivity index (χ4n) is 2.05. The van der Waals surface area contributed by atoms with E-state index in [4.69, 9.17) is 16.3 Å². The van der Waals surface area contributed by atoms with Gasteiger partial charge in [-0.15, -0.1) is 11.6 Å². The van der Waals surface area contributed by atoms with Crippen LogP contribution < -0.4 is 4.74 Å². The fourth-order valence-corrected chi connectivity index (χ4v) is 2.37. The van der Waals surface area contributed by atoms with Gasteiger partial charge in [0.2, 0.25) is 5.88 Å². The molecule has 1 unspecified atom stereocenters. The zero-order valence-electron chi connectivity index (χ0n) is 11.5. The lowest BCUT2D eigenvalue weighted by Crippen LogP contribution is -2.07. The Bertz CT molecular complexity index is 554. The summed E-state index contributed by atoms with van der Waals surface area (Å²) in [5, 5.41) is 0. The minimum Gasteiger partial charge on any atom is -0.470 e. The highest BCUT2D eigenvalue weighted by atomic mass is 35.5. The van der Waals surface area contributed by atoms with Crippen LogP contribution in [-0.2, 0) is 5.88 Å². The number of alkyl halides is 1. The van der Waals surface area contributed by atoms with Crippen LogP contribution in [0.4, 0.5) is 0 Å². The molecule has 0 spiro atoms. The maximum Gasteiger partial charge on any atom is 0.218 e. The lowest BCUT2D eigenvalue weighted by Gasteiger charge is -2.18. The Labute approximate surface area is 119 Å². The van der Waals surface area contributed by atoms with Crippen molar-refractivity contribution < 1.29 is 4.74 Å². The summed E-state index contributed by atoms with van der Waals surface area (Å²) in [5.41, 5.74) is 4.17. The van der Waals surface area contributed by atoms with Crippen molar-refractivity contribution in [1.82, 2.24) is 4.98 Å². The van der Waals surface area contributed by atoms with Crippen molar-refractivity contribution >= 4 is 11.6 Å². The molecule has 0 amide bonds. The van der Waals surface area contributed by atoms with Crippen molar-refractivity contribution in [3.63, 3.8) is 0 Å². The van der Waals surface area contributed by atoms with Crippen LogP contribution in [0.1, 0.15) is 35.4 Å². The molecule has 1 heterocycles. The van der Waals surface area contributed by atoms with Crippen LogP contribution in [0.25, 0.3) is 0 Å². The van der Waals surface area contributed by atoms with E-state index in [0.717, 1.165) is 22.4 Å². The number of ether oxygens (including phenoxy) is 1. The Hall–Kier alpha value is -1.54. The fraction of sp³-hybridized carbons (Fsp3) is 0.312. The normalized spacial score (nSPS) is 12.2. The third-order valence-corrected chi connectivity index (χ3v) is 3.40. The molecule has 0 radical (unpaired) electrons. The number of hydrogen-bond donors (Lipinski definition) is 0. The zero-order valence-corrected chi connectivity index (χ0v) is 12.2. The van der Waals surface area contributed by atoms with Gasteiger partial charge in [-0.1, -0.05) is 30.3 Å². The Morgan fingerprint density at radius 2 is 1.89 bits per heavy atom. The summed E-state index contributed by atoms with van der Waals surface area (Å²) in [6.45, 7) is 6.02. The van der Waals surface area contributed by atoms with Crippen LogP contribution in [0.15, 0.2) is 36.4 Å². The van der Waals surface area contributed by atoms with Crippen molar-refractivity contribution in [3.8, 4) is 5.88 Å². The maximum absolute atomic E-state index is 6.00. The summed E-state index contributed by atoms with van der Waals surface area (Å²) in [4.78, 5) is 4.46. The molecule has 2 nitrogen and oxygen atoms in total. The number of nitrogens with zero attached hydrogens (tertiary/aromatic N) is 1. The van der Waals surface area contributed by atoms with Crippen LogP contribution >= 0.6 is 11.6 Å². The molecule has 2 aromatic rings. The van der Waals surface area contributed by atoms with E-state index in [-0.39, 0.29) is 6.10 Å². The Morgan fingerprint density at radius 1 is 1.21 bits per heavy atom. The molecule has 0 fully saturated rings. The molecule has 100 valence electrons. The molecule has 0 N–H and O–H groups in total. The van der Waals surface area contributed by atoms with Gasteiger partial charge in [-0.25, -0.2) is 4.98 Å². The van der Waals surface area contributed by atoms with Gasteiger partial charge in [0.15, 0.2) is 0 Å². The molecule has 2 rings (SSSR count). The van der Waals surface area contributed by atoms with E-state index in [2.05, 4.69) is 4.98 Å². The first-order valence-electron chi connectivity index (χ1n) is 6.36. The van der Waals surface area contributed by atoms with Gasteiger partial charge in [0.25, 0.3) is 0 Å². The lowest BCUT2D eigenvalue weighted by molar-refractivity contribution is 0.215. The van der Waals surface area contributed by atoms with Gasteiger partial charge >= 0.3 is 0 Å². The van der Waals surface area contributed by atoms with Gasteiger partial charge in [-0.05, 0) is 38.0 Å². The summed E-state index contributed by atoms with van der Waals surface area (Å²) in [5.74, 6) is 1.06. The number of hydrogen-bond acceptors (Lipinski definition) is 2. The Kier molecular flexibility index (Phi) is 4.43. The van der Waals surface area contributed by atoms with Crippen molar-refractivity contribution in [2.45, 2.75) is 32.8 Å². The second kappa shape index (κ2) is 6.07. The third kappa shape index (κ3) is 3.27. The van der Waals surface area contributed by atoms with E-state index in [9.17, 15) is 0 Å². The first kappa shape index (κ1) is 13.9. The van der Waals surface area contributed by atoms with E-state index in [1.807, 2.05) is 57.2 Å². The van der Waals surface area contributed by atoms with E-state index in [1.54, 1.807) is 0 Å². The molecular formula is C16H18ClNO. The molecule has 0 bridgehead atoms. The molecule has 19 heavy (non-hydrogen) atoms. The largest absolute Gasteiger partial charge is 0.470 e. The highest BCUT2D eigenvalue weighted by molar-refractivity contribution is 6.17. The van der Waals surface area contributed by atoms with Gasteiger partial charge in [0, 0.05) is 11.3 Å². The SMILES string of the molecule is Cc1cc(C)c(CCl)c(OC(C)c2ccccc2)n1. The summed E-state index contributed by atoms with van der Waals surface area (Å²) in [7, 11) is 0.